The van der Waals surface area contributed by atoms with Gasteiger partial charge in [0.2, 0.25) is 5.91 Å². The Morgan fingerprint density at radius 2 is 2.05 bits per heavy atom. The van der Waals surface area contributed by atoms with E-state index in [4.69, 9.17) is 9.84 Å². The zero-order chi connectivity index (χ0) is 15.3. The summed E-state index contributed by atoms with van der Waals surface area (Å²) in [4.78, 5) is 33.6. The highest BCUT2D eigenvalue weighted by atomic mass is 19.1. The van der Waals surface area contributed by atoms with E-state index < -0.39 is 35.9 Å². The number of nitrogens with one attached hydrogen (secondary N) is 1. The van der Waals surface area contributed by atoms with E-state index in [1.54, 1.807) is 0 Å². The first-order valence-corrected chi connectivity index (χ1v) is 5.71. The van der Waals surface area contributed by atoms with Crippen molar-refractivity contribution < 1.29 is 28.6 Å². The fraction of sp³-hybridized carbons (Fsp3) is 0.308. The summed E-state index contributed by atoms with van der Waals surface area (Å²) in [6.07, 6.45) is -0.458. The molecule has 1 rings (SSSR count). The van der Waals surface area contributed by atoms with Gasteiger partial charge in [0, 0.05) is 18.9 Å². The summed E-state index contributed by atoms with van der Waals surface area (Å²) in [5.41, 5.74) is 0.0138. The highest BCUT2D eigenvalue weighted by Crippen LogP contribution is 2.18. The van der Waals surface area contributed by atoms with Gasteiger partial charge in [0.05, 0.1) is 7.11 Å². The first-order valence-electron chi connectivity index (χ1n) is 5.71. The monoisotopic (exact) mass is 283 g/mol. The molecule has 0 aromatic heterocycles. The molecular formula is C13H14FNO5. The lowest BCUT2D eigenvalue weighted by molar-refractivity contribution is -0.141. The molecule has 0 bridgehead atoms. The SMILES string of the molecule is COc1ccc(C(=O)CC(NC(C)=O)C(=O)O)cc1F. The maximum absolute atomic E-state index is 13.5. The van der Waals surface area contributed by atoms with E-state index in [1.165, 1.54) is 19.2 Å². The number of carboxylic acid groups (broad SMARTS) is 1. The maximum atomic E-state index is 13.5. The number of hydrogen-bond donors (Lipinski definition) is 2. The first-order chi connectivity index (χ1) is 9.35. The van der Waals surface area contributed by atoms with Crippen molar-refractivity contribution in [3.63, 3.8) is 0 Å². The molecule has 6 nitrogen and oxygen atoms in total. The van der Waals surface area contributed by atoms with Crippen molar-refractivity contribution in [1.29, 1.82) is 0 Å². The predicted octanol–water partition coefficient (Wildman–Crippen LogP) is 0.996. The Morgan fingerprint density at radius 3 is 2.50 bits per heavy atom. The fourth-order valence-electron chi connectivity index (χ4n) is 1.59. The molecular weight excluding hydrogens is 269 g/mol. The van der Waals surface area contributed by atoms with E-state index >= 15 is 0 Å². The molecule has 0 saturated carbocycles. The molecule has 0 aliphatic carbocycles. The molecule has 0 spiro atoms. The lowest BCUT2D eigenvalue weighted by Crippen LogP contribution is -2.41. The Kier molecular flexibility index (Phi) is 5.19. The van der Waals surface area contributed by atoms with Crippen LogP contribution in [0.15, 0.2) is 18.2 Å². The quantitative estimate of drug-likeness (QED) is 0.760. The van der Waals surface area contributed by atoms with Gasteiger partial charge in [0.15, 0.2) is 17.3 Å². The van der Waals surface area contributed by atoms with Gasteiger partial charge in [-0.1, -0.05) is 0 Å². The summed E-state index contributed by atoms with van der Waals surface area (Å²) >= 11 is 0. The van der Waals surface area contributed by atoms with Crippen LogP contribution < -0.4 is 10.1 Å². The molecule has 1 amide bonds. The zero-order valence-electron chi connectivity index (χ0n) is 11.0. The van der Waals surface area contributed by atoms with Gasteiger partial charge in [-0.25, -0.2) is 9.18 Å². The van der Waals surface area contributed by atoms with Crippen LogP contribution in [-0.2, 0) is 9.59 Å². The summed E-state index contributed by atoms with van der Waals surface area (Å²) in [6, 6.07) is 2.23. The Labute approximate surface area is 114 Å². The van der Waals surface area contributed by atoms with E-state index in [0.29, 0.717) is 0 Å². The van der Waals surface area contributed by atoms with Crippen molar-refractivity contribution in [2.24, 2.45) is 0 Å². The third-order valence-corrected chi connectivity index (χ3v) is 2.54. The Balaban J connectivity index is 2.86. The van der Waals surface area contributed by atoms with E-state index in [-0.39, 0.29) is 11.3 Å². The van der Waals surface area contributed by atoms with Gasteiger partial charge in [-0.2, -0.15) is 0 Å². The van der Waals surface area contributed by atoms with Crippen LogP contribution in [0.2, 0.25) is 0 Å². The number of carboxylic acids is 1. The van der Waals surface area contributed by atoms with Crippen LogP contribution in [-0.4, -0.2) is 35.9 Å². The molecule has 1 aromatic rings. The van der Waals surface area contributed by atoms with Crippen molar-refractivity contribution in [1.82, 2.24) is 5.32 Å². The molecule has 2 N–H and O–H groups in total. The number of Topliss-reactive ketones (excluding diaryl/α,β-unsaturated/α-hetero) is 1. The normalized spacial score (nSPS) is 11.6. The second kappa shape index (κ2) is 6.65. The number of carbonyl (C=O) groups excluding carboxylic acids is 2. The maximum Gasteiger partial charge on any atom is 0.326 e. The molecule has 0 heterocycles. The standard InChI is InChI=1S/C13H14FNO5/c1-7(16)15-10(13(18)19)6-11(17)8-3-4-12(20-2)9(14)5-8/h3-5,10H,6H2,1-2H3,(H,15,16)(H,18,19). The highest BCUT2D eigenvalue weighted by molar-refractivity contribution is 5.99. The largest absolute Gasteiger partial charge is 0.494 e. The van der Waals surface area contributed by atoms with Gasteiger partial charge < -0.3 is 15.2 Å². The molecule has 0 saturated heterocycles. The Bertz CT molecular complexity index is 544. The topological polar surface area (TPSA) is 92.7 Å². The number of amides is 1. The zero-order valence-corrected chi connectivity index (χ0v) is 11.0. The summed E-state index contributed by atoms with van der Waals surface area (Å²) in [7, 11) is 1.29. The van der Waals surface area contributed by atoms with Gasteiger partial charge in [0.25, 0.3) is 0 Å². The fourth-order valence-corrected chi connectivity index (χ4v) is 1.59. The van der Waals surface area contributed by atoms with Crippen molar-refractivity contribution in [2.45, 2.75) is 19.4 Å². The lowest BCUT2D eigenvalue weighted by atomic mass is 10.0. The number of halogens is 1. The van der Waals surface area contributed by atoms with Crippen LogP contribution >= 0.6 is 0 Å². The molecule has 20 heavy (non-hydrogen) atoms. The summed E-state index contributed by atoms with van der Waals surface area (Å²) in [5.74, 6) is -3.22. The number of ether oxygens (including phenoxy) is 1. The molecule has 1 atom stereocenters. The second-order valence-corrected chi connectivity index (χ2v) is 4.07. The minimum absolute atomic E-state index is 0.0138. The smallest absolute Gasteiger partial charge is 0.326 e. The van der Waals surface area contributed by atoms with Crippen molar-refractivity contribution in [2.75, 3.05) is 7.11 Å². The average Bonchev–Trinajstić information content (AvgIpc) is 2.37. The first kappa shape index (κ1) is 15.6. The number of aliphatic carboxylic acids is 1. The Morgan fingerprint density at radius 1 is 1.40 bits per heavy atom. The molecule has 0 aliphatic rings. The number of hydrogen-bond acceptors (Lipinski definition) is 4. The van der Waals surface area contributed by atoms with Gasteiger partial charge in [-0.05, 0) is 18.2 Å². The minimum atomic E-state index is -1.34. The molecule has 7 heteroatoms. The van der Waals surface area contributed by atoms with Crippen LogP contribution in [0.25, 0.3) is 0 Å². The molecule has 0 radical (unpaired) electrons. The third-order valence-electron chi connectivity index (χ3n) is 2.54. The van der Waals surface area contributed by atoms with Crippen molar-refractivity contribution >= 4 is 17.7 Å². The molecule has 0 fully saturated rings. The van der Waals surface area contributed by atoms with E-state index in [2.05, 4.69) is 5.32 Å². The minimum Gasteiger partial charge on any atom is -0.494 e. The van der Waals surface area contributed by atoms with E-state index in [1.807, 2.05) is 0 Å². The highest BCUT2D eigenvalue weighted by Gasteiger charge is 2.23. The van der Waals surface area contributed by atoms with Crippen LogP contribution in [0.1, 0.15) is 23.7 Å². The average molecular weight is 283 g/mol. The van der Waals surface area contributed by atoms with Gasteiger partial charge in [0.1, 0.15) is 6.04 Å². The third kappa shape index (κ3) is 4.04. The summed E-state index contributed by atoms with van der Waals surface area (Å²) in [5, 5.41) is 11.0. The number of carbonyl (C=O) groups is 3. The van der Waals surface area contributed by atoms with E-state index in [9.17, 15) is 18.8 Å². The van der Waals surface area contributed by atoms with Crippen molar-refractivity contribution in [3.05, 3.63) is 29.6 Å². The van der Waals surface area contributed by atoms with Gasteiger partial charge >= 0.3 is 5.97 Å². The van der Waals surface area contributed by atoms with Crippen LogP contribution in [0, 0.1) is 5.82 Å². The Hall–Kier alpha value is -2.44. The number of methoxy groups -OCH3 is 1. The molecule has 1 unspecified atom stereocenters. The molecule has 1 aromatic carbocycles. The lowest BCUT2D eigenvalue weighted by Gasteiger charge is -2.12. The molecule has 0 aliphatic heterocycles. The van der Waals surface area contributed by atoms with Gasteiger partial charge in [-0.15, -0.1) is 0 Å². The number of rotatable bonds is 6. The number of ketones is 1. The van der Waals surface area contributed by atoms with Gasteiger partial charge in [-0.3, -0.25) is 9.59 Å². The van der Waals surface area contributed by atoms with Crippen LogP contribution in [0.4, 0.5) is 4.39 Å². The van der Waals surface area contributed by atoms with Crippen LogP contribution in [0.3, 0.4) is 0 Å². The van der Waals surface area contributed by atoms with E-state index in [0.717, 1.165) is 13.0 Å². The predicted molar refractivity (Wildman–Crippen MR) is 67.1 cm³/mol. The van der Waals surface area contributed by atoms with Crippen LogP contribution in [0.5, 0.6) is 5.75 Å². The van der Waals surface area contributed by atoms with Crippen molar-refractivity contribution in [3.8, 4) is 5.75 Å². The number of benzene rings is 1. The summed E-state index contributed by atoms with van der Waals surface area (Å²) in [6.45, 7) is 1.15. The second-order valence-electron chi connectivity index (χ2n) is 4.07. The summed E-state index contributed by atoms with van der Waals surface area (Å²) < 4.78 is 18.2. The molecule has 108 valence electrons.